The van der Waals surface area contributed by atoms with Crippen molar-refractivity contribution < 1.29 is 4.74 Å². The van der Waals surface area contributed by atoms with Crippen molar-refractivity contribution in [3.05, 3.63) is 28.8 Å². The van der Waals surface area contributed by atoms with Crippen LogP contribution in [-0.2, 0) is 11.3 Å². The van der Waals surface area contributed by atoms with Crippen LogP contribution in [0.25, 0.3) is 0 Å². The van der Waals surface area contributed by atoms with Crippen molar-refractivity contribution in [3.63, 3.8) is 0 Å². The lowest BCUT2D eigenvalue weighted by molar-refractivity contribution is 0.193. The van der Waals surface area contributed by atoms with Gasteiger partial charge in [-0.2, -0.15) is 0 Å². The van der Waals surface area contributed by atoms with Gasteiger partial charge in [-0.15, -0.1) is 0 Å². The normalized spacial score (nSPS) is 19.4. The van der Waals surface area contributed by atoms with E-state index in [0.29, 0.717) is 6.04 Å². The molecule has 0 saturated carbocycles. The van der Waals surface area contributed by atoms with Crippen molar-refractivity contribution in [2.45, 2.75) is 45.3 Å². The van der Waals surface area contributed by atoms with Crippen molar-refractivity contribution in [3.8, 4) is 0 Å². The number of likely N-dealkylation sites (N-methyl/N-ethyl adjacent to an activating group) is 1. The van der Waals surface area contributed by atoms with Crippen molar-refractivity contribution in [1.29, 1.82) is 0 Å². The number of ether oxygens (including phenoxy) is 1. The van der Waals surface area contributed by atoms with Crippen LogP contribution in [0.15, 0.2) is 18.2 Å². The number of benzene rings is 1. The Morgan fingerprint density at radius 2 is 2.15 bits per heavy atom. The molecular formula is C16H25ClN2O. The molecule has 4 heteroatoms. The molecule has 1 saturated heterocycles. The number of anilines is 1. The van der Waals surface area contributed by atoms with E-state index in [4.69, 9.17) is 16.3 Å². The summed E-state index contributed by atoms with van der Waals surface area (Å²) in [5, 5.41) is 4.33. The number of nitrogens with zero attached hydrogens (tertiary/aromatic N) is 1. The van der Waals surface area contributed by atoms with Crippen LogP contribution >= 0.6 is 11.6 Å². The fourth-order valence-electron chi connectivity index (χ4n) is 2.40. The standard InChI is InChI=1S/C16H25ClN2O/c1-16(2,3)18-10-12-5-6-13(17)9-15(12)19(4)14-7-8-20-11-14/h5-6,9,14,18H,7-8,10-11H2,1-4H3. The van der Waals surface area contributed by atoms with Gasteiger partial charge in [-0.1, -0.05) is 17.7 Å². The molecule has 20 heavy (non-hydrogen) atoms. The minimum Gasteiger partial charge on any atom is -0.379 e. The maximum absolute atomic E-state index is 6.18. The Kier molecular flexibility index (Phi) is 4.95. The molecule has 0 aromatic heterocycles. The summed E-state index contributed by atoms with van der Waals surface area (Å²) in [6.07, 6.45) is 1.08. The van der Waals surface area contributed by atoms with Gasteiger partial charge in [-0.25, -0.2) is 0 Å². The van der Waals surface area contributed by atoms with Gasteiger partial charge in [0.1, 0.15) is 0 Å². The molecule has 0 aliphatic carbocycles. The maximum atomic E-state index is 6.18. The Bertz CT molecular complexity index is 450. The topological polar surface area (TPSA) is 24.5 Å². The van der Waals surface area contributed by atoms with Crippen LogP contribution in [0.4, 0.5) is 5.69 Å². The summed E-state index contributed by atoms with van der Waals surface area (Å²) in [5.41, 5.74) is 2.58. The molecule has 1 fully saturated rings. The third kappa shape index (κ3) is 4.11. The van der Waals surface area contributed by atoms with E-state index < -0.39 is 0 Å². The second-order valence-electron chi connectivity index (χ2n) is 6.50. The highest BCUT2D eigenvalue weighted by Crippen LogP contribution is 2.28. The lowest BCUT2D eigenvalue weighted by atomic mass is 10.1. The minimum absolute atomic E-state index is 0.103. The van der Waals surface area contributed by atoms with E-state index >= 15 is 0 Å². The van der Waals surface area contributed by atoms with E-state index in [-0.39, 0.29) is 5.54 Å². The molecule has 0 amide bonds. The molecule has 0 spiro atoms. The highest BCUT2D eigenvalue weighted by molar-refractivity contribution is 6.30. The summed E-state index contributed by atoms with van der Waals surface area (Å²) in [6.45, 7) is 9.03. The summed E-state index contributed by atoms with van der Waals surface area (Å²) in [5.74, 6) is 0. The molecule has 1 aromatic rings. The molecule has 1 aliphatic heterocycles. The van der Waals surface area contributed by atoms with Gasteiger partial charge in [-0.05, 0) is 44.9 Å². The first-order valence-electron chi connectivity index (χ1n) is 7.21. The molecule has 112 valence electrons. The summed E-state index contributed by atoms with van der Waals surface area (Å²) in [6, 6.07) is 6.58. The highest BCUT2D eigenvalue weighted by Gasteiger charge is 2.22. The van der Waals surface area contributed by atoms with E-state index in [0.717, 1.165) is 31.2 Å². The monoisotopic (exact) mass is 296 g/mol. The second-order valence-corrected chi connectivity index (χ2v) is 6.94. The van der Waals surface area contributed by atoms with Crippen LogP contribution in [0.2, 0.25) is 5.02 Å². The fraction of sp³-hybridized carbons (Fsp3) is 0.625. The van der Waals surface area contributed by atoms with Crippen molar-refractivity contribution in [2.24, 2.45) is 0 Å². The fourth-order valence-corrected chi connectivity index (χ4v) is 2.57. The Balaban J connectivity index is 2.18. The number of hydrogen-bond acceptors (Lipinski definition) is 3. The van der Waals surface area contributed by atoms with E-state index in [1.165, 1.54) is 11.3 Å². The Labute approximate surface area is 127 Å². The zero-order valence-electron chi connectivity index (χ0n) is 12.9. The van der Waals surface area contributed by atoms with Crippen LogP contribution in [0, 0.1) is 0 Å². The Morgan fingerprint density at radius 3 is 2.75 bits per heavy atom. The van der Waals surface area contributed by atoms with Gasteiger partial charge in [0.25, 0.3) is 0 Å². The predicted octanol–water partition coefficient (Wildman–Crippen LogP) is 3.45. The first kappa shape index (κ1) is 15.6. The molecule has 1 unspecified atom stereocenters. The first-order valence-corrected chi connectivity index (χ1v) is 7.58. The highest BCUT2D eigenvalue weighted by atomic mass is 35.5. The van der Waals surface area contributed by atoms with Crippen LogP contribution in [0.3, 0.4) is 0 Å². The van der Waals surface area contributed by atoms with E-state index in [1.54, 1.807) is 0 Å². The van der Waals surface area contributed by atoms with E-state index in [9.17, 15) is 0 Å². The lowest BCUT2D eigenvalue weighted by Crippen LogP contribution is -2.37. The number of nitrogens with one attached hydrogen (secondary N) is 1. The van der Waals surface area contributed by atoms with Gasteiger partial charge in [0.2, 0.25) is 0 Å². The summed E-state index contributed by atoms with van der Waals surface area (Å²) in [4.78, 5) is 2.30. The second kappa shape index (κ2) is 6.33. The van der Waals surface area contributed by atoms with Crippen LogP contribution in [0.5, 0.6) is 0 Å². The average Bonchev–Trinajstić information content (AvgIpc) is 2.89. The van der Waals surface area contributed by atoms with E-state index in [1.807, 2.05) is 6.07 Å². The Morgan fingerprint density at radius 1 is 1.40 bits per heavy atom. The van der Waals surface area contributed by atoms with Gasteiger partial charge in [0.05, 0.1) is 12.6 Å². The summed E-state index contributed by atoms with van der Waals surface area (Å²) >= 11 is 6.18. The van der Waals surface area contributed by atoms with E-state index in [2.05, 4.69) is 50.2 Å². The average molecular weight is 297 g/mol. The van der Waals surface area contributed by atoms with Crippen LogP contribution < -0.4 is 10.2 Å². The maximum Gasteiger partial charge on any atom is 0.0670 e. The smallest absolute Gasteiger partial charge is 0.0670 e. The van der Waals surface area contributed by atoms with Crippen molar-refractivity contribution >= 4 is 17.3 Å². The number of halogens is 1. The lowest BCUT2D eigenvalue weighted by Gasteiger charge is -2.29. The first-order chi connectivity index (χ1) is 9.37. The predicted molar refractivity (Wildman–Crippen MR) is 85.7 cm³/mol. The van der Waals surface area contributed by atoms with Gasteiger partial charge in [0.15, 0.2) is 0 Å². The summed E-state index contributed by atoms with van der Waals surface area (Å²) in [7, 11) is 2.13. The van der Waals surface area contributed by atoms with Gasteiger partial charge < -0.3 is 15.0 Å². The molecule has 2 rings (SSSR count). The van der Waals surface area contributed by atoms with Crippen molar-refractivity contribution in [2.75, 3.05) is 25.2 Å². The van der Waals surface area contributed by atoms with Crippen LogP contribution in [0.1, 0.15) is 32.8 Å². The minimum atomic E-state index is 0.103. The molecule has 1 heterocycles. The third-order valence-corrected chi connectivity index (χ3v) is 3.92. The third-order valence-electron chi connectivity index (χ3n) is 3.69. The number of rotatable bonds is 4. The van der Waals surface area contributed by atoms with Gasteiger partial charge >= 0.3 is 0 Å². The number of hydrogen-bond donors (Lipinski definition) is 1. The zero-order chi connectivity index (χ0) is 14.8. The molecule has 1 aliphatic rings. The Hall–Kier alpha value is -0.770. The molecule has 3 nitrogen and oxygen atoms in total. The molecule has 1 aromatic carbocycles. The zero-order valence-corrected chi connectivity index (χ0v) is 13.6. The largest absolute Gasteiger partial charge is 0.379 e. The quantitative estimate of drug-likeness (QED) is 0.921. The summed E-state index contributed by atoms with van der Waals surface area (Å²) < 4.78 is 5.49. The van der Waals surface area contributed by atoms with Gasteiger partial charge in [-0.3, -0.25) is 0 Å². The molecule has 0 radical (unpaired) electrons. The van der Waals surface area contributed by atoms with Crippen LogP contribution in [-0.4, -0.2) is 31.8 Å². The SMILES string of the molecule is CN(c1cc(Cl)ccc1CNC(C)(C)C)C1CCOC1. The van der Waals surface area contributed by atoms with Crippen molar-refractivity contribution in [1.82, 2.24) is 5.32 Å². The van der Waals surface area contributed by atoms with Gasteiger partial charge in [0, 0.05) is 36.4 Å². The molecule has 1 N–H and O–H groups in total. The molecule has 1 atom stereocenters. The molecular weight excluding hydrogens is 272 g/mol. The molecule has 0 bridgehead atoms.